The van der Waals surface area contributed by atoms with E-state index in [9.17, 15) is 14.4 Å². The first-order valence-electron chi connectivity index (χ1n) is 9.84. The molecule has 31 heavy (non-hydrogen) atoms. The number of para-hydroxylation sites is 1. The Morgan fingerprint density at radius 3 is 2.61 bits per heavy atom. The lowest BCUT2D eigenvalue weighted by atomic mass is 10.2. The van der Waals surface area contributed by atoms with Gasteiger partial charge in [0.1, 0.15) is 5.75 Å². The fourth-order valence-corrected chi connectivity index (χ4v) is 3.17. The van der Waals surface area contributed by atoms with Crippen molar-refractivity contribution in [1.29, 1.82) is 0 Å². The van der Waals surface area contributed by atoms with E-state index in [-0.39, 0.29) is 12.5 Å². The molecule has 1 aliphatic rings. The van der Waals surface area contributed by atoms with Gasteiger partial charge in [0.15, 0.2) is 6.61 Å². The van der Waals surface area contributed by atoms with Crippen molar-refractivity contribution in [2.24, 2.45) is 5.10 Å². The Bertz CT molecular complexity index is 1000. The zero-order valence-corrected chi connectivity index (χ0v) is 17.8. The third kappa shape index (κ3) is 6.29. The van der Waals surface area contributed by atoms with Gasteiger partial charge in [-0.2, -0.15) is 5.10 Å². The smallest absolute Gasteiger partial charge is 0.329 e. The summed E-state index contributed by atoms with van der Waals surface area (Å²) in [4.78, 5) is 37.9. The molecule has 1 heterocycles. The summed E-state index contributed by atoms with van der Waals surface area (Å²) < 4.78 is 5.63. The Labute approximate surface area is 185 Å². The molecule has 0 spiro atoms. The number of ether oxygens (including phenoxy) is 1. The van der Waals surface area contributed by atoms with E-state index in [0.29, 0.717) is 22.0 Å². The fraction of sp³-hybridized carbons (Fsp3) is 0.273. The van der Waals surface area contributed by atoms with Crippen LogP contribution in [0.4, 0.5) is 5.69 Å². The molecule has 2 N–H and O–H groups in total. The standard InChI is InChI=1S/C22H23ClN4O4/c1-15-8-9-17(12-18(15)23)25-21(29)22(30)26-24-13-16-6-2-3-7-19(16)31-14-20(28)27-10-4-5-11-27/h2-3,6-9,12-13H,4-5,10-11,14H2,1H3,(H,25,29)(H,26,30)/b24-13-. The second kappa shape index (κ2) is 10.6. The molecule has 1 fully saturated rings. The van der Waals surface area contributed by atoms with Gasteiger partial charge in [-0.3, -0.25) is 14.4 Å². The molecule has 2 aromatic rings. The minimum absolute atomic E-state index is 0.0644. The molecule has 8 nitrogen and oxygen atoms in total. The first-order chi connectivity index (χ1) is 14.9. The topological polar surface area (TPSA) is 100 Å². The maximum absolute atomic E-state index is 12.2. The molecule has 0 unspecified atom stereocenters. The lowest BCUT2D eigenvalue weighted by Crippen LogP contribution is -2.32. The monoisotopic (exact) mass is 442 g/mol. The Hall–Kier alpha value is -3.39. The van der Waals surface area contributed by atoms with Crippen LogP contribution >= 0.6 is 11.6 Å². The van der Waals surface area contributed by atoms with Crippen LogP contribution < -0.4 is 15.5 Å². The molecule has 0 saturated carbocycles. The summed E-state index contributed by atoms with van der Waals surface area (Å²) in [6.07, 6.45) is 3.38. The molecule has 2 aromatic carbocycles. The van der Waals surface area contributed by atoms with Crippen molar-refractivity contribution in [2.75, 3.05) is 25.0 Å². The van der Waals surface area contributed by atoms with Gasteiger partial charge < -0.3 is 15.0 Å². The Morgan fingerprint density at radius 1 is 1.13 bits per heavy atom. The third-order valence-corrected chi connectivity index (χ3v) is 5.14. The minimum Gasteiger partial charge on any atom is -0.483 e. The first kappa shape index (κ1) is 22.3. The summed E-state index contributed by atoms with van der Waals surface area (Å²) in [5.74, 6) is -1.43. The molecular formula is C22H23ClN4O4. The molecule has 1 saturated heterocycles. The number of nitrogens with zero attached hydrogens (tertiary/aromatic N) is 2. The highest BCUT2D eigenvalue weighted by Gasteiger charge is 2.18. The lowest BCUT2D eigenvalue weighted by molar-refractivity contribution is -0.136. The summed E-state index contributed by atoms with van der Waals surface area (Å²) in [6.45, 7) is 3.28. The molecular weight excluding hydrogens is 420 g/mol. The van der Waals surface area contributed by atoms with E-state index in [1.165, 1.54) is 6.21 Å². The number of halogens is 1. The number of hydrogen-bond acceptors (Lipinski definition) is 5. The van der Waals surface area contributed by atoms with Gasteiger partial charge >= 0.3 is 11.8 Å². The minimum atomic E-state index is -0.935. The average molecular weight is 443 g/mol. The Morgan fingerprint density at radius 2 is 1.87 bits per heavy atom. The summed E-state index contributed by atoms with van der Waals surface area (Å²) >= 11 is 6.01. The van der Waals surface area contributed by atoms with Crippen LogP contribution in [0.25, 0.3) is 0 Å². The molecule has 3 rings (SSSR count). The zero-order valence-electron chi connectivity index (χ0n) is 17.1. The van der Waals surface area contributed by atoms with Crippen LogP contribution in [0.15, 0.2) is 47.6 Å². The molecule has 9 heteroatoms. The van der Waals surface area contributed by atoms with E-state index in [1.807, 2.05) is 6.92 Å². The van der Waals surface area contributed by atoms with E-state index in [0.717, 1.165) is 31.5 Å². The molecule has 162 valence electrons. The van der Waals surface area contributed by atoms with Gasteiger partial charge in [-0.1, -0.05) is 29.8 Å². The number of amides is 3. The fourth-order valence-electron chi connectivity index (χ4n) is 2.99. The number of hydrazone groups is 1. The van der Waals surface area contributed by atoms with Gasteiger partial charge in [0.2, 0.25) is 0 Å². The van der Waals surface area contributed by atoms with Gasteiger partial charge in [-0.15, -0.1) is 0 Å². The third-order valence-electron chi connectivity index (χ3n) is 4.73. The Kier molecular flexibility index (Phi) is 7.61. The van der Waals surface area contributed by atoms with Gasteiger partial charge in [0.25, 0.3) is 5.91 Å². The highest BCUT2D eigenvalue weighted by molar-refractivity contribution is 6.39. The summed E-state index contributed by atoms with van der Waals surface area (Å²) in [6, 6.07) is 11.9. The summed E-state index contributed by atoms with van der Waals surface area (Å²) in [5, 5.41) is 6.75. The normalized spacial score (nSPS) is 13.3. The Balaban J connectivity index is 1.53. The lowest BCUT2D eigenvalue weighted by Gasteiger charge is -2.16. The zero-order chi connectivity index (χ0) is 22.2. The van der Waals surface area contributed by atoms with Crippen molar-refractivity contribution in [3.63, 3.8) is 0 Å². The van der Waals surface area contributed by atoms with Crippen LogP contribution in [-0.2, 0) is 14.4 Å². The van der Waals surface area contributed by atoms with Crippen molar-refractivity contribution in [3.05, 3.63) is 58.6 Å². The predicted molar refractivity (Wildman–Crippen MR) is 118 cm³/mol. The van der Waals surface area contributed by atoms with Crippen molar-refractivity contribution < 1.29 is 19.1 Å². The number of carbonyl (C=O) groups excluding carboxylic acids is 3. The van der Waals surface area contributed by atoms with Gasteiger partial charge in [-0.05, 0) is 49.6 Å². The molecule has 1 aliphatic heterocycles. The largest absolute Gasteiger partial charge is 0.483 e. The highest BCUT2D eigenvalue weighted by atomic mass is 35.5. The van der Waals surface area contributed by atoms with Gasteiger partial charge in [0.05, 0.1) is 6.21 Å². The van der Waals surface area contributed by atoms with E-state index < -0.39 is 11.8 Å². The second-order valence-electron chi connectivity index (χ2n) is 7.03. The van der Waals surface area contributed by atoms with Crippen molar-refractivity contribution in [2.45, 2.75) is 19.8 Å². The molecule has 0 radical (unpaired) electrons. The molecule has 3 amide bonds. The molecule has 0 aromatic heterocycles. The van der Waals surface area contributed by atoms with Crippen LogP contribution in [0, 0.1) is 6.92 Å². The average Bonchev–Trinajstić information content (AvgIpc) is 3.30. The summed E-state index contributed by atoms with van der Waals surface area (Å²) in [7, 11) is 0. The van der Waals surface area contributed by atoms with Crippen LogP contribution in [0.3, 0.4) is 0 Å². The SMILES string of the molecule is Cc1ccc(NC(=O)C(=O)N/N=C\c2ccccc2OCC(=O)N2CCCC2)cc1Cl. The van der Waals surface area contributed by atoms with E-state index in [2.05, 4.69) is 15.8 Å². The van der Waals surface area contributed by atoms with Gasteiger partial charge in [0, 0.05) is 29.4 Å². The predicted octanol–water partition coefficient (Wildman–Crippen LogP) is 2.74. The van der Waals surface area contributed by atoms with Crippen LogP contribution in [-0.4, -0.2) is 48.5 Å². The van der Waals surface area contributed by atoms with Crippen molar-refractivity contribution >= 4 is 41.2 Å². The number of benzene rings is 2. The number of aryl methyl sites for hydroxylation is 1. The molecule has 0 bridgehead atoms. The highest BCUT2D eigenvalue weighted by Crippen LogP contribution is 2.20. The van der Waals surface area contributed by atoms with Crippen LogP contribution in [0.5, 0.6) is 5.75 Å². The number of carbonyl (C=O) groups is 3. The van der Waals surface area contributed by atoms with Crippen molar-refractivity contribution in [1.82, 2.24) is 10.3 Å². The second-order valence-corrected chi connectivity index (χ2v) is 7.44. The van der Waals surface area contributed by atoms with E-state index in [4.69, 9.17) is 16.3 Å². The number of rotatable bonds is 6. The molecule has 0 aliphatic carbocycles. The molecule has 0 atom stereocenters. The number of anilines is 1. The van der Waals surface area contributed by atoms with Crippen LogP contribution in [0.2, 0.25) is 5.02 Å². The number of likely N-dealkylation sites (tertiary alicyclic amines) is 1. The van der Waals surface area contributed by atoms with E-state index in [1.54, 1.807) is 47.4 Å². The van der Waals surface area contributed by atoms with E-state index >= 15 is 0 Å². The maximum atomic E-state index is 12.2. The van der Waals surface area contributed by atoms with Crippen LogP contribution in [0.1, 0.15) is 24.0 Å². The van der Waals surface area contributed by atoms with Gasteiger partial charge in [-0.25, -0.2) is 5.43 Å². The first-order valence-corrected chi connectivity index (χ1v) is 10.2. The summed E-state index contributed by atoms with van der Waals surface area (Å²) in [5.41, 5.74) is 3.99. The number of nitrogens with one attached hydrogen (secondary N) is 2. The maximum Gasteiger partial charge on any atom is 0.329 e. The van der Waals surface area contributed by atoms with Crippen molar-refractivity contribution in [3.8, 4) is 5.75 Å². The number of hydrogen-bond donors (Lipinski definition) is 2. The quantitative estimate of drug-likeness (QED) is 0.408.